The van der Waals surface area contributed by atoms with Crippen LogP contribution in [0.25, 0.3) is 0 Å². The van der Waals surface area contributed by atoms with Crippen LogP contribution in [0.5, 0.6) is 0 Å². The molecule has 3 N–H and O–H groups in total. The number of carbonyl (C=O) groups excluding carboxylic acids is 1. The van der Waals surface area contributed by atoms with Gasteiger partial charge in [-0.2, -0.15) is 0 Å². The number of hydrogen-bond donors (Lipinski definition) is 2. The standard InChI is InChI=1S/C17H19BrN2O/c1-2-13-11-14(18)8-9-16(13)20-17(21)15(19)10-12-6-4-3-5-7-12/h3-9,11,15H,2,10,19H2,1H3,(H,20,21)/t15-/m1/s1. The minimum atomic E-state index is -0.555. The molecule has 1 amide bonds. The van der Waals surface area contributed by atoms with Gasteiger partial charge in [0.25, 0.3) is 0 Å². The fourth-order valence-electron chi connectivity index (χ4n) is 2.16. The van der Waals surface area contributed by atoms with Crippen molar-refractivity contribution in [3.63, 3.8) is 0 Å². The van der Waals surface area contributed by atoms with Crippen molar-refractivity contribution in [3.05, 3.63) is 64.1 Å². The molecule has 1 atom stereocenters. The van der Waals surface area contributed by atoms with E-state index < -0.39 is 6.04 Å². The zero-order valence-electron chi connectivity index (χ0n) is 12.0. The van der Waals surface area contributed by atoms with E-state index in [9.17, 15) is 4.79 Å². The van der Waals surface area contributed by atoms with E-state index in [2.05, 4.69) is 28.2 Å². The Bertz CT molecular complexity index is 613. The molecule has 0 saturated heterocycles. The van der Waals surface area contributed by atoms with Gasteiger partial charge in [0.15, 0.2) is 0 Å². The summed E-state index contributed by atoms with van der Waals surface area (Å²) < 4.78 is 1.01. The zero-order chi connectivity index (χ0) is 15.2. The molecule has 2 aromatic carbocycles. The summed E-state index contributed by atoms with van der Waals surface area (Å²) in [5, 5.41) is 2.92. The number of nitrogens with two attached hydrogens (primary N) is 1. The Morgan fingerprint density at radius 1 is 1.24 bits per heavy atom. The lowest BCUT2D eigenvalue weighted by Crippen LogP contribution is -2.37. The van der Waals surface area contributed by atoms with Crippen LogP contribution in [0.1, 0.15) is 18.1 Å². The number of anilines is 1. The highest BCUT2D eigenvalue weighted by Gasteiger charge is 2.15. The molecule has 3 nitrogen and oxygen atoms in total. The average molecular weight is 347 g/mol. The lowest BCUT2D eigenvalue weighted by molar-refractivity contribution is -0.117. The number of benzene rings is 2. The lowest BCUT2D eigenvalue weighted by Gasteiger charge is -2.15. The Morgan fingerprint density at radius 2 is 1.95 bits per heavy atom. The van der Waals surface area contributed by atoms with E-state index >= 15 is 0 Å². The van der Waals surface area contributed by atoms with E-state index in [0.717, 1.165) is 27.7 Å². The predicted molar refractivity (Wildman–Crippen MR) is 90.3 cm³/mol. The highest BCUT2D eigenvalue weighted by molar-refractivity contribution is 9.10. The van der Waals surface area contributed by atoms with Crippen LogP contribution in [0.3, 0.4) is 0 Å². The molecule has 0 heterocycles. The molecular formula is C17H19BrN2O. The molecule has 0 spiro atoms. The molecule has 0 aliphatic rings. The van der Waals surface area contributed by atoms with Gasteiger partial charge < -0.3 is 11.1 Å². The summed E-state index contributed by atoms with van der Waals surface area (Å²) in [6, 6.07) is 15.1. The van der Waals surface area contributed by atoms with Gasteiger partial charge in [-0.1, -0.05) is 53.2 Å². The summed E-state index contributed by atoms with van der Waals surface area (Å²) in [7, 11) is 0. The van der Waals surface area contributed by atoms with Crippen LogP contribution in [0.2, 0.25) is 0 Å². The van der Waals surface area contributed by atoms with Crippen molar-refractivity contribution < 1.29 is 4.79 Å². The largest absolute Gasteiger partial charge is 0.324 e. The Morgan fingerprint density at radius 3 is 2.62 bits per heavy atom. The van der Waals surface area contributed by atoms with E-state index in [-0.39, 0.29) is 5.91 Å². The molecule has 21 heavy (non-hydrogen) atoms. The first-order valence-electron chi connectivity index (χ1n) is 6.99. The molecular weight excluding hydrogens is 328 g/mol. The van der Waals surface area contributed by atoms with Crippen molar-refractivity contribution >= 4 is 27.5 Å². The van der Waals surface area contributed by atoms with Crippen molar-refractivity contribution in [2.24, 2.45) is 5.73 Å². The second kappa shape index (κ2) is 7.38. The van der Waals surface area contributed by atoms with Crippen molar-refractivity contribution in [1.29, 1.82) is 0 Å². The first-order chi connectivity index (χ1) is 10.1. The first-order valence-corrected chi connectivity index (χ1v) is 7.78. The molecule has 2 rings (SSSR count). The van der Waals surface area contributed by atoms with Gasteiger partial charge in [0.1, 0.15) is 0 Å². The molecule has 4 heteroatoms. The Labute approximate surface area is 133 Å². The van der Waals surface area contributed by atoms with Gasteiger partial charge in [-0.15, -0.1) is 0 Å². The molecule has 0 bridgehead atoms. The second-order valence-corrected chi connectivity index (χ2v) is 5.86. The smallest absolute Gasteiger partial charge is 0.241 e. The number of hydrogen-bond acceptors (Lipinski definition) is 2. The molecule has 0 saturated carbocycles. The third-order valence-electron chi connectivity index (χ3n) is 3.34. The number of nitrogens with one attached hydrogen (secondary N) is 1. The van der Waals surface area contributed by atoms with Crippen LogP contribution < -0.4 is 11.1 Å². The average Bonchev–Trinajstić information content (AvgIpc) is 2.49. The maximum Gasteiger partial charge on any atom is 0.241 e. The Hall–Kier alpha value is -1.65. The van der Waals surface area contributed by atoms with Gasteiger partial charge in [0.05, 0.1) is 6.04 Å². The fraction of sp³-hybridized carbons (Fsp3) is 0.235. The van der Waals surface area contributed by atoms with Crippen LogP contribution in [0, 0.1) is 0 Å². The summed E-state index contributed by atoms with van der Waals surface area (Å²) >= 11 is 3.44. The third kappa shape index (κ3) is 4.41. The summed E-state index contributed by atoms with van der Waals surface area (Å²) in [5.74, 6) is -0.157. The van der Waals surface area contributed by atoms with Crippen LogP contribution >= 0.6 is 15.9 Å². The van der Waals surface area contributed by atoms with E-state index in [0.29, 0.717) is 6.42 Å². The third-order valence-corrected chi connectivity index (χ3v) is 3.83. The molecule has 0 aliphatic heterocycles. The summed E-state index contributed by atoms with van der Waals surface area (Å²) in [6.07, 6.45) is 1.38. The molecule has 110 valence electrons. The maximum atomic E-state index is 12.2. The van der Waals surface area contributed by atoms with Crippen molar-refractivity contribution in [3.8, 4) is 0 Å². The molecule has 0 aliphatic carbocycles. The summed E-state index contributed by atoms with van der Waals surface area (Å²) in [5.41, 5.74) is 8.97. The van der Waals surface area contributed by atoms with Gasteiger partial charge in [-0.25, -0.2) is 0 Å². The van der Waals surface area contributed by atoms with Crippen molar-refractivity contribution in [1.82, 2.24) is 0 Å². The van der Waals surface area contributed by atoms with E-state index in [4.69, 9.17) is 5.73 Å². The highest BCUT2D eigenvalue weighted by atomic mass is 79.9. The Balaban J connectivity index is 2.04. The first kappa shape index (κ1) is 15.7. The molecule has 0 fully saturated rings. The summed E-state index contributed by atoms with van der Waals surface area (Å²) in [6.45, 7) is 2.06. The normalized spacial score (nSPS) is 12.0. The van der Waals surface area contributed by atoms with Gasteiger partial charge in [-0.3, -0.25) is 4.79 Å². The SMILES string of the molecule is CCc1cc(Br)ccc1NC(=O)[C@H](N)Cc1ccccc1. The van der Waals surface area contributed by atoms with Gasteiger partial charge in [0, 0.05) is 10.2 Å². The van der Waals surface area contributed by atoms with Crippen LogP contribution in [0.4, 0.5) is 5.69 Å². The number of aryl methyl sites for hydroxylation is 1. The number of amides is 1. The fourth-order valence-corrected chi connectivity index (χ4v) is 2.57. The zero-order valence-corrected chi connectivity index (χ0v) is 13.6. The molecule has 2 aromatic rings. The van der Waals surface area contributed by atoms with E-state index in [1.165, 1.54) is 0 Å². The lowest BCUT2D eigenvalue weighted by atomic mass is 10.1. The summed E-state index contributed by atoms with van der Waals surface area (Å²) in [4.78, 5) is 12.2. The molecule has 0 radical (unpaired) electrons. The minimum absolute atomic E-state index is 0.157. The van der Waals surface area contributed by atoms with Crippen molar-refractivity contribution in [2.45, 2.75) is 25.8 Å². The van der Waals surface area contributed by atoms with Crippen LogP contribution in [-0.2, 0) is 17.6 Å². The quantitative estimate of drug-likeness (QED) is 0.870. The Kier molecular flexibility index (Phi) is 5.53. The van der Waals surface area contributed by atoms with E-state index in [1.807, 2.05) is 48.5 Å². The minimum Gasteiger partial charge on any atom is -0.324 e. The molecule has 0 aromatic heterocycles. The van der Waals surface area contributed by atoms with Crippen molar-refractivity contribution in [2.75, 3.05) is 5.32 Å². The van der Waals surface area contributed by atoms with Gasteiger partial charge >= 0.3 is 0 Å². The van der Waals surface area contributed by atoms with E-state index in [1.54, 1.807) is 0 Å². The topological polar surface area (TPSA) is 55.1 Å². The van der Waals surface area contributed by atoms with Crippen LogP contribution in [-0.4, -0.2) is 11.9 Å². The predicted octanol–water partition coefficient (Wildman–Crippen LogP) is 3.52. The number of rotatable bonds is 5. The number of halogens is 1. The second-order valence-electron chi connectivity index (χ2n) is 4.94. The highest BCUT2D eigenvalue weighted by Crippen LogP contribution is 2.21. The number of carbonyl (C=O) groups is 1. The molecule has 0 unspecified atom stereocenters. The van der Waals surface area contributed by atoms with Gasteiger partial charge in [-0.05, 0) is 42.2 Å². The monoisotopic (exact) mass is 346 g/mol. The van der Waals surface area contributed by atoms with Gasteiger partial charge in [0.2, 0.25) is 5.91 Å². The maximum absolute atomic E-state index is 12.2. The van der Waals surface area contributed by atoms with Crippen LogP contribution in [0.15, 0.2) is 53.0 Å².